The molecule has 2 nitrogen and oxygen atoms in total. The smallest absolute Gasteiger partial charge is 0.0719 e. The zero-order chi connectivity index (χ0) is 38.6. The number of nitrogens with zero attached hydrogens (tertiary/aromatic N) is 2. The van der Waals surface area contributed by atoms with Crippen LogP contribution in [0, 0.1) is 0 Å². The minimum Gasteiger partial charge on any atom is -0.310 e. The number of thiophene rings is 1. The largest absolute Gasteiger partial charge is 0.310 e. The van der Waals surface area contributed by atoms with Crippen molar-refractivity contribution in [2.24, 2.45) is 0 Å². The van der Waals surface area contributed by atoms with E-state index in [0.29, 0.717) is 0 Å². The van der Waals surface area contributed by atoms with E-state index in [4.69, 9.17) is 0 Å². The monoisotopic (exact) mass is 740 g/mol. The molecule has 0 bridgehead atoms. The average molecular weight is 741 g/mol. The van der Waals surface area contributed by atoms with Gasteiger partial charge in [0.25, 0.3) is 0 Å². The second-order valence-electron chi connectivity index (χ2n) is 14.9. The van der Waals surface area contributed by atoms with Crippen LogP contribution < -0.4 is 4.90 Å². The van der Waals surface area contributed by atoms with Crippen LogP contribution in [0.2, 0.25) is 0 Å². The van der Waals surface area contributed by atoms with Gasteiger partial charge < -0.3 is 9.47 Å². The Morgan fingerprint density at radius 2 is 1.34 bits per heavy atom. The van der Waals surface area contributed by atoms with Crippen molar-refractivity contribution in [3.05, 3.63) is 193 Å². The van der Waals surface area contributed by atoms with Crippen LogP contribution in [0.3, 0.4) is 0 Å². The predicted octanol–water partition coefficient (Wildman–Crippen LogP) is 15.7. The molecular formula is C53H44N2S. The third kappa shape index (κ3) is 5.53. The van der Waals surface area contributed by atoms with Crippen LogP contribution in [-0.4, -0.2) is 4.57 Å². The molecule has 0 saturated heterocycles. The Hall–Kier alpha value is -6.42. The summed E-state index contributed by atoms with van der Waals surface area (Å²) in [5.41, 5.74) is 15.5. The van der Waals surface area contributed by atoms with Crippen LogP contribution in [0.4, 0.5) is 17.1 Å². The van der Waals surface area contributed by atoms with Crippen molar-refractivity contribution in [2.45, 2.75) is 33.1 Å². The van der Waals surface area contributed by atoms with Crippen molar-refractivity contribution in [3.63, 3.8) is 0 Å². The van der Waals surface area contributed by atoms with Gasteiger partial charge in [-0.2, -0.15) is 0 Å². The Kier molecular flexibility index (Phi) is 8.83. The third-order valence-corrected chi connectivity index (χ3v) is 12.6. The molecule has 56 heavy (non-hydrogen) atoms. The molecule has 0 aliphatic heterocycles. The lowest BCUT2D eigenvalue weighted by Crippen LogP contribution is -2.16. The zero-order valence-corrected chi connectivity index (χ0v) is 33.2. The molecule has 0 unspecified atom stereocenters. The number of fused-ring (bicyclic) bond motifs is 8. The highest BCUT2D eigenvalue weighted by Crippen LogP contribution is 2.51. The summed E-state index contributed by atoms with van der Waals surface area (Å²) >= 11 is 1.85. The van der Waals surface area contributed by atoms with E-state index in [1.807, 2.05) is 30.4 Å². The molecule has 2 aromatic heterocycles. The van der Waals surface area contributed by atoms with E-state index in [0.717, 1.165) is 34.0 Å². The number of anilines is 3. The van der Waals surface area contributed by atoms with Gasteiger partial charge in [-0.1, -0.05) is 136 Å². The maximum absolute atomic E-state index is 4.25. The van der Waals surface area contributed by atoms with E-state index >= 15 is 0 Å². The van der Waals surface area contributed by atoms with Gasteiger partial charge in [0.2, 0.25) is 0 Å². The molecule has 3 heteroatoms. The molecule has 0 spiro atoms. The van der Waals surface area contributed by atoms with Crippen LogP contribution in [0.15, 0.2) is 171 Å². The standard InChI is InChI=1S/C53H44N2S/c1-7-11-20-37(9-3)55-49(17-8-2)41(10-4)44-30-31-45-46-33-39(28-32-50(46)56-52(45)51(44)55)54(38-25-23-36(24-26-38)35-18-13-12-14-19-35)40-27-29-43-42-21-15-16-22-47(42)53(5,6)48(43)34-40/h7-34H,3-4H2,1-2,5-6H3/b11-7-,17-8-,37-20+. The van der Waals surface area contributed by atoms with E-state index in [1.54, 1.807) is 0 Å². The number of hydrogen-bond acceptors (Lipinski definition) is 2. The summed E-state index contributed by atoms with van der Waals surface area (Å²) in [6.45, 7) is 17.3. The van der Waals surface area contributed by atoms with E-state index in [9.17, 15) is 0 Å². The summed E-state index contributed by atoms with van der Waals surface area (Å²) in [4.78, 5) is 2.42. The van der Waals surface area contributed by atoms with Crippen molar-refractivity contribution in [1.82, 2.24) is 4.57 Å². The quantitative estimate of drug-likeness (QED) is 0.134. The third-order valence-electron chi connectivity index (χ3n) is 11.4. The van der Waals surface area contributed by atoms with Crippen molar-refractivity contribution in [3.8, 4) is 22.3 Å². The lowest BCUT2D eigenvalue weighted by atomic mass is 9.82. The van der Waals surface area contributed by atoms with Crippen LogP contribution in [0.1, 0.15) is 50.1 Å². The van der Waals surface area contributed by atoms with Crippen LogP contribution in [0.5, 0.6) is 0 Å². The molecule has 1 aliphatic carbocycles. The highest BCUT2D eigenvalue weighted by atomic mass is 32.1. The maximum atomic E-state index is 4.25. The van der Waals surface area contributed by atoms with E-state index in [2.05, 4.69) is 201 Å². The van der Waals surface area contributed by atoms with E-state index < -0.39 is 0 Å². The van der Waals surface area contributed by atoms with Crippen molar-refractivity contribution >= 4 is 77.3 Å². The van der Waals surface area contributed by atoms with Gasteiger partial charge >= 0.3 is 0 Å². The van der Waals surface area contributed by atoms with E-state index in [1.165, 1.54) is 64.5 Å². The molecule has 0 N–H and O–H groups in total. The Labute approximate surface area is 334 Å². The fourth-order valence-corrected chi connectivity index (χ4v) is 9.94. The summed E-state index contributed by atoms with van der Waals surface area (Å²) in [6.07, 6.45) is 14.5. The Morgan fingerprint density at radius 3 is 2.09 bits per heavy atom. The topological polar surface area (TPSA) is 8.17 Å². The second-order valence-corrected chi connectivity index (χ2v) is 16.0. The van der Waals surface area contributed by atoms with Gasteiger partial charge in [-0.05, 0) is 108 Å². The van der Waals surface area contributed by atoms with Crippen molar-refractivity contribution in [1.29, 1.82) is 0 Å². The Balaban J connectivity index is 1.27. The fourth-order valence-electron chi connectivity index (χ4n) is 8.72. The molecule has 0 saturated carbocycles. The first-order valence-electron chi connectivity index (χ1n) is 19.3. The molecule has 272 valence electrons. The lowest BCUT2D eigenvalue weighted by molar-refractivity contribution is 0.660. The molecular weight excluding hydrogens is 697 g/mol. The summed E-state index contributed by atoms with van der Waals surface area (Å²) in [5.74, 6) is 0. The summed E-state index contributed by atoms with van der Waals surface area (Å²) in [6, 6.07) is 47.1. The molecule has 0 fully saturated rings. The first-order valence-corrected chi connectivity index (χ1v) is 20.1. The molecule has 2 heterocycles. The number of allylic oxidation sites excluding steroid dienone is 6. The SMILES string of the molecule is C=C/C(=C\C=C/C)n1c(/C=C\C)c(C=C)c2ccc3c4cc(N(c5ccc(-c6ccccc6)cc5)c5ccc6c(c5)C(C)(C)c5ccccc5-6)ccc4sc3c21. The van der Waals surface area contributed by atoms with Gasteiger partial charge in [0.05, 0.1) is 15.9 Å². The second kappa shape index (κ2) is 14.0. The molecule has 0 amide bonds. The minimum atomic E-state index is -0.111. The Bertz CT molecular complexity index is 2930. The van der Waals surface area contributed by atoms with Crippen LogP contribution in [-0.2, 0) is 5.41 Å². The van der Waals surface area contributed by atoms with Gasteiger partial charge in [0, 0.05) is 54.6 Å². The molecule has 9 rings (SSSR count). The highest BCUT2D eigenvalue weighted by molar-refractivity contribution is 7.26. The fraction of sp³-hybridized carbons (Fsp3) is 0.0943. The highest BCUT2D eigenvalue weighted by Gasteiger charge is 2.35. The van der Waals surface area contributed by atoms with Crippen LogP contribution in [0.25, 0.3) is 71.2 Å². The molecule has 6 aromatic carbocycles. The van der Waals surface area contributed by atoms with Gasteiger partial charge in [0.15, 0.2) is 0 Å². The number of aromatic nitrogens is 1. The molecule has 1 aliphatic rings. The molecule has 0 radical (unpaired) electrons. The van der Waals surface area contributed by atoms with E-state index in [-0.39, 0.29) is 5.41 Å². The lowest BCUT2D eigenvalue weighted by Gasteiger charge is -2.28. The number of hydrogen-bond donors (Lipinski definition) is 0. The predicted molar refractivity (Wildman–Crippen MR) is 247 cm³/mol. The maximum Gasteiger partial charge on any atom is 0.0719 e. The van der Waals surface area contributed by atoms with Gasteiger partial charge in [-0.3, -0.25) is 0 Å². The Morgan fingerprint density at radius 1 is 0.661 bits per heavy atom. The summed E-state index contributed by atoms with van der Waals surface area (Å²) < 4.78 is 4.85. The minimum absolute atomic E-state index is 0.111. The number of rotatable bonds is 9. The number of benzene rings is 6. The first kappa shape index (κ1) is 35.3. The average Bonchev–Trinajstić information content (AvgIpc) is 3.84. The molecule has 8 aromatic rings. The van der Waals surface area contributed by atoms with Crippen molar-refractivity contribution in [2.75, 3.05) is 4.90 Å². The van der Waals surface area contributed by atoms with Gasteiger partial charge in [0.1, 0.15) is 0 Å². The zero-order valence-electron chi connectivity index (χ0n) is 32.4. The first-order chi connectivity index (χ1) is 27.4. The normalized spacial score (nSPS) is 13.6. The summed E-state index contributed by atoms with van der Waals surface area (Å²) in [5, 5.41) is 3.66. The van der Waals surface area contributed by atoms with Gasteiger partial charge in [-0.15, -0.1) is 11.3 Å². The van der Waals surface area contributed by atoms with Gasteiger partial charge in [-0.25, -0.2) is 0 Å². The molecule has 0 atom stereocenters. The summed E-state index contributed by atoms with van der Waals surface area (Å²) in [7, 11) is 0. The van der Waals surface area contributed by atoms with Crippen LogP contribution >= 0.6 is 11.3 Å². The van der Waals surface area contributed by atoms with Crippen molar-refractivity contribution < 1.29 is 0 Å².